The van der Waals surface area contributed by atoms with Gasteiger partial charge < -0.3 is 10.3 Å². The van der Waals surface area contributed by atoms with Gasteiger partial charge in [0.2, 0.25) is 0 Å². The maximum absolute atomic E-state index is 11.1. The van der Waals surface area contributed by atoms with E-state index in [1.165, 1.54) is 29.2 Å². The highest BCUT2D eigenvalue weighted by atomic mass is 32.2. The van der Waals surface area contributed by atoms with E-state index in [1.54, 1.807) is 0 Å². The largest absolute Gasteiger partial charge is 0.481 e. The average Bonchev–Trinajstić information content (AvgIpc) is 2.18. The number of benzene rings is 1. The van der Waals surface area contributed by atoms with E-state index in [0.717, 1.165) is 0 Å². The Morgan fingerprint density at radius 3 is 2.20 bits per heavy atom. The molecule has 82 valence electrons. The predicted octanol–water partition coefficient (Wildman–Crippen LogP) is -0.0188. The molecule has 0 atom stereocenters. The summed E-state index contributed by atoms with van der Waals surface area (Å²) in [6, 6.07) is 5.18. The summed E-state index contributed by atoms with van der Waals surface area (Å²) >= 11 is 0. The average molecular weight is 231 g/mol. The number of carboxylic acids is 1. The lowest BCUT2D eigenvalue weighted by Crippen LogP contribution is -2.19. The van der Waals surface area contributed by atoms with Crippen LogP contribution in [0.3, 0.4) is 0 Å². The van der Waals surface area contributed by atoms with Gasteiger partial charge in [0.15, 0.2) is 0 Å². The third-order valence-corrected chi connectivity index (χ3v) is 2.84. The molecule has 0 unspecified atom stereocenters. The highest BCUT2D eigenvalue weighted by Crippen LogP contribution is 2.10. The van der Waals surface area contributed by atoms with Crippen molar-refractivity contribution in [2.45, 2.75) is 11.3 Å². The monoisotopic (exact) mass is 231 g/mol. The van der Waals surface area contributed by atoms with Gasteiger partial charge in [-0.2, -0.15) is 0 Å². The summed E-state index contributed by atoms with van der Waals surface area (Å²) < 4.78 is 22.1. The van der Waals surface area contributed by atoms with Crippen molar-refractivity contribution in [1.82, 2.24) is 4.89 Å². The Morgan fingerprint density at radius 1 is 1.27 bits per heavy atom. The van der Waals surface area contributed by atoms with Crippen LogP contribution in [0, 0.1) is 0 Å². The number of hydrogen-bond donors (Lipinski definition) is 3. The van der Waals surface area contributed by atoms with Crippen molar-refractivity contribution in [2.75, 3.05) is 0 Å². The van der Waals surface area contributed by atoms with Crippen molar-refractivity contribution >= 4 is 16.0 Å². The molecular formula is C8H9NO5S. The van der Waals surface area contributed by atoms with Crippen LogP contribution >= 0.6 is 0 Å². The molecule has 0 aromatic heterocycles. The minimum absolute atomic E-state index is 0.126. The van der Waals surface area contributed by atoms with Gasteiger partial charge in [0.1, 0.15) is 0 Å². The molecule has 0 bridgehead atoms. The van der Waals surface area contributed by atoms with Crippen LogP contribution in [0.5, 0.6) is 0 Å². The van der Waals surface area contributed by atoms with Crippen LogP contribution in [-0.2, 0) is 21.2 Å². The summed E-state index contributed by atoms with van der Waals surface area (Å²) in [7, 11) is -3.89. The lowest BCUT2D eigenvalue weighted by molar-refractivity contribution is -0.136. The molecule has 15 heavy (non-hydrogen) atoms. The third-order valence-electron chi connectivity index (χ3n) is 1.71. The van der Waals surface area contributed by atoms with E-state index >= 15 is 0 Å². The summed E-state index contributed by atoms with van der Waals surface area (Å²) in [5.74, 6) is -0.995. The van der Waals surface area contributed by atoms with Gasteiger partial charge in [0.25, 0.3) is 10.0 Å². The van der Waals surface area contributed by atoms with Crippen molar-refractivity contribution in [2.24, 2.45) is 0 Å². The topological polar surface area (TPSA) is 104 Å². The molecule has 0 saturated carbocycles. The molecule has 1 aromatic rings. The fourth-order valence-corrected chi connectivity index (χ4v) is 1.61. The molecule has 3 N–H and O–H groups in total. The standard InChI is InChI=1S/C8H9NO5S/c10-8(11)5-6-1-3-7(4-2-6)15(13,14)9-12/h1-4,9,12H,5H2,(H,10,11). The summed E-state index contributed by atoms with van der Waals surface area (Å²) in [6.07, 6.45) is -0.174. The van der Waals surface area contributed by atoms with E-state index < -0.39 is 16.0 Å². The molecule has 0 amide bonds. The highest BCUT2D eigenvalue weighted by molar-refractivity contribution is 7.89. The van der Waals surface area contributed by atoms with Crippen LogP contribution in [-0.4, -0.2) is 24.7 Å². The summed E-state index contributed by atoms with van der Waals surface area (Å²) in [5.41, 5.74) is 0.486. The predicted molar refractivity (Wildman–Crippen MR) is 49.9 cm³/mol. The molecule has 0 saturated heterocycles. The fraction of sp³-hybridized carbons (Fsp3) is 0.125. The lowest BCUT2D eigenvalue weighted by Gasteiger charge is -2.02. The molecule has 0 aliphatic heterocycles. The SMILES string of the molecule is O=C(O)Cc1ccc(S(=O)(=O)NO)cc1. The number of hydrogen-bond acceptors (Lipinski definition) is 4. The van der Waals surface area contributed by atoms with Crippen molar-refractivity contribution in [3.8, 4) is 0 Å². The number of carbonyl (C=O) groups is 1. The Hall–Kier alpha value is -1.44. The Balaban J connectivity index is 2.95. The first kappa shape index (κ1) is 11.6. The first-order chi connectivity index (χ1) is 6.95. The number of nitrogens with one attached hydrogen (secondary N) is 1. The molecular weight excluding hydrogens is 222 g/mol. The number of sulfonamides is 1. The Morgan fingerprint density at radius 2 is 1.80 bits per heavy atom. The Kier molecular flexibility index (Phi) is 3.40. The quantitative estimate of drug-likeness (QED) is 0.632. The van der Waals surface area contributed by atoms with Gasteiger partial charge in [-0.15, -0.1) is 0 Å². The molecule has 0 aliphatic carbocycles. The molecule has 0 aliphatic rings. The van der Waals surface area contributed by atoms with E-state index in [-0.39, 0.29) is 11.3 Å². The fourth-order valence-electron chi connectivity index (χ4n) is 1.01. The van der Waals surface area contributed by atoms with E-state index in [2.05, 4.69) is 0 Å². The zero-order chi connectivity index (χ0) is 11.5. The lowest BCUT2D eigenvalue weighted by atomic mass is 10.2. The van der Waals surface area contributed by atoms with Crippen molar-refractivity contribution in [3.05, 3.63) is 29.8 Å². The second kappa shape index (κ2) is 4.39. The van der Waals surface area contributed by atoms with Crippen molar-refractivity contribution in [1.29, 1.82) is 0 Å². The van der Waals surface area contributed by atoms with E-state index in [0.29, 0.717) is 5.56 Å². The molecule has 0 radical (unpaired) electrons. The molecule has 1 aromatic carbocycles. The van der Waals surface area contributed by atoms with Crippen LogP contribution < -0.4 is 4.89 Å². The maximum Gasteiger partial charge on any atom is 0.307 e. The molecule has 7 heteroatoms. The van der Waals surface area contributed by atoms with E-state index in [4.69, 9.17) is 10.3 Å². The first-order valence-electron chi connectivity index (χ1n) is 3.92. The number of carboxylic acid groups (broad SMARTS) is 1. The molecule has 0 heterocycles. The summed E-state index contributed by atoms with van der Waals surface area (Å²) in [4.78, 5) is 11.4. The minimum Gasteiger partial charge on any atom is -0.481 e. The minimum atomic E-state index is -3.89. The normalized spacial score (nSPS) is 11.3. The van der Waals surface area contributed by atoms with Gasteiger partial charge in [0, 0.05) is 0 Å². The van der Waals surface area contributed by atoms with Gasteiger partial charge >= 0.3 is 5.97 Å². The zero-order valence-corrected chi connectivity index (χ0v) is 8.36. The van der Waals surface area contributed by atoms with Gasteiger partial charge in [-0.05, 0) is 17.7 Å². The van der Waals surface area contributed by atoms with E-state index in [1.807, 2.05) is 0 Å². The molecule has 0 fully saturated rings. The Bertz CT molecular complexity index is 450. The maximum atomic E-state index is 11.1. The number of rotatable bonds is 4. The van der Waals surface area contributed by atoms with Crippen molar-refractivity contribution < 1.29 is 23.5 Å². The van der Waals surface area contributed by atoms with Crippen molar-refractivity contribution in [3.63, 3.8) is 0 Å². The molecule has 1 rings (SSSR count). The Labute approximate surface area is 86.2 Å². The first-order valence-corrected chi connectivity index (χ1v) is 5.40. The van der Waals surface area contributed by atoms with E-state index in [9.17, 15) is 13.2 Å². The highest BCUT2D eigenvalue weighted by Gasteiger charge is 2.11. The van der Waals surface area contributed by atoms with Gasteiger partial charge in [0.05, 0.1) is 11.3 Å². The van der Waals surface area contributed by atoms with Gasteiger partial charge in [-0.1, -0.05) is 17.0 Å². The van der Waals surface area contributed by atoms with Crippen LogP contribution in [0.4, 0.5) is 0 Å². The second-order valence-corrected chi connectivity index (χ2v) is 4.47. The second-order valence-electron chi connectivity index (χ2n) is 2.81. The zero-order valence-electron chi connectivity index (χ0n) is 7.54. The third kappa shape index (κ3) is 3.01. The molecule has 0 spiro atoms. The molecule has 6 nitrogen and oxygen atoms in total. The summed E-state index contributed by atoms with van der Waals surface area (Å²) in [6.45, 7) is 0. The van der Waals surface area contributed by atoms with Gasteiger partial charge in [-0.25, -0.2) is 8.42 Å². The van der Waals surface area contributed by atoms with Crippen LogP contribution in [0.15, 0.2) is 29.2 Å². The van der Waals surface area contributed by atoms with Gasteiger partial charge in [-0.3, -0.25) is 4.79 Å². The smallest absolute Gasteiger partial charge is 0.307 e. The summed E-state index contributed by atoms with van der Waals surface area (Å²) in [5, 5.41) is 16.8. The van der Waals surface area contributed by atoms with Crippen LogP contribution in [0.25, 0.3) is 0 Å². The van der Waals surface area contributed by atoms with Crippen LogP contribution in [0.1, 0.15) is 5.56 Å². The van der Waals surface area contributed by atoms with Crippen LogP contribution in [0.2, 0.25) is 0 Å². The number of aliphatic carboxylic acids is 1.